The zero-order chi connectivity index (χ0) is 39.7. The van der Waals surface area contributed by atoms with E-state index in [-0.39, 0.29) is 31.7 Å². The van der Waals surface area contributed by atoms with Crippen molar-refractivity contribution in [2.75, 3.05) is 13.7 Å². The number of pyridine rings is 2. The van der Waals surface area contributed by atoms with Crippen LogP contribution in [0.4, 0.5) is 4.79 Å². The maximum absolute atomic E-state index is 14.4. The second-order valence-corrected chi connectivity index (χ2v) is 16.0. The maximum Gasteiger partial charge on any atom is 0.408 e. The number of benzene rings is 1. The van der Waals surface area contributed by atoms with Gasteiger partial charge >= 0.3 is 12.1 Å². The average molecular weight is 754 g/mol. The molecule has 0 unspecified atom stereocenters. The van der Waals surface area contributed by atoms with Crippen molar-refractivity contribution in [2.45, 2.75) is 109 Å². The van der Waals surface area contributed by atoms with Crippen LogP contribution in [-0.2, 0) is 32.0 Å². The number of carboxylic acids is 1. The van der Waals surface area contributed by atoms with Crippen LogP contribution in [0.3, 0.4) is 0 Å². The number of carbonyl (C=O) groups is 4. The van der Waals surface area contributed by atoms with Gasteiger partial charge in [-0.15, -0.1) is 0 Å². The first-order valence-electron chi connectivity index (χ1n) is 18.9. The van der Waals surface area contributed by atoms with Crippen molar-refractivity contribution in [3.05, 3.63) is 72.0 Å². The van der Waals surface area contributed by atoms with E-state index in [9.17, 15) is 24.3 Å². The van der Waals surface area contributed by atoms with E-state index in [1.807, 2.05) is 30.3 Å². The van der Waals surface area contributed by atoms with Gasteiger partial charge in [0.25, 0.3) is 0 Å². The number of aromatic nitrogens is 2. The monoisotopic (exact) mass is 753 g/mol. The molecule has 0 radical (unpaired) electrons. The zero-order valence-electron chi connectivity index (χ0n) is 32.4. The molecule has 6 rings (SSSR count). The fraction of sp³-hybridized carbons (Fsp3) is 0.476. The minimum absolute atomic E-state index is 0.0151. The lowest BCUT2D eigenvalue weighted by Crippen LogP contribution is -2.60. The minimum Gasteiger partial charge on any atom is -0.497 e. The number of methoxy groups -OCH3 is 1. The van der Waals surface area contributed by atoms with Gasteiger partial charge in [-0.1, -0.05) is 38.6 Å². The Labute approximate surface area is 321 Å². The third-order valence-corrected chi connectivity index (χ3v) is 10.4. The van der Waals surface area contributed by atoms with Gasteiger partial charge in [-0.2, -0.15) is 0 Å². The quantitative estimate of drug-likeness (QED) is 0.214. The molecule has 3 aliphatic rings. The third kappa shape index (κ3) is 8.60. The summed E-state index contributed by atoms with van der Waals surface area (Å²) in [6.45, 7) is 12.5. The number of aliphatic carboxylic acids is 1. The SMILES string of the molecule is C=CC1=CC[C@@](NC(=O)[C@@H]2C[C@@H](Oc3cc(-c4ccc5c(n4)CCCC5)nc4cc(OC)ccc34)CN2C(=O)[C@@H](NC(=O)OC(C)(C)C)C(C)C)(C(=O)O)C1. The Morgan fingerprint density at radius 3 is 2.49 bits per heavy atom. The van der Waals surface area contributed by atoms with Crippen molar-refractivity contribution in [3.63, 3.8) is 0 Å². The molecule has 13 heteroatoms. The number of ether oxygens (including phenoxy) is 3. The Morgan fingerprint density at radius 2 is 1.82 bits per heavy atom. The number of amides is 3. The molecule has 0 spiro atoms. The van der Waals surface area contributed by atoms with Gasteiger partial charge in [-0.3, -0.25) is 14.6 Å². The topological polar surface area (TPSA) is 169 Å². The predicted octanol–water partition coefficient (Wildman–Crippen LogP) is 5.93. The van der Waals surface area contributed by atoms with Gasteiger partial charge in [0.1, 0.15) is 40.8 Å². The number of nitrogens with one attached hydrogen (secondary N) is 2. The molecular formula is C42H51N5O8. The summed E-state index contributed by atoms with van der Waals surface area (Å²) < 4.78 is 17.7. The van der Waals surface area contributed by atoms with Crippen molar-refractivity contribution < 1.29 is 38.5 Å². The number of hydrogen-bond acceptors (Lipinski definition) is 9. The normalized spacial score (nSPS) is 21.4. The molecule has 55 heavy (non-hydrogen) atoms. The van der Waals surface area contributed by atoms with E-state index < -0.39 is 53.2 Å². The second kappa shape index (κ2) is 15.7. The Morgan fingerprint density at radius 1 is 1.05 bits per heavy atom. The smallest absolute Gasteiger partial charge is 0.408 e. The van der Waals surface area contributed by atoms with Gasteiger partial charge in [-0.25, -0.2) is 14.6 Å². The van der Waals surface area contributed by atoms with Crippen LogP contribution in [0, 0.1) is 5.92 Å². The standard InChI is InChI=1S/C42H51N5O8/c1-8-25-17-18-42(22-25,39(50)51)46-37(48)34-20-28(23-47(34)38(49)36(24(2)3)45-40(52)55-41(4,5)6)54-35-21-33(44-32-19-27(53-7)14-15-29(32)35)31-16-13-26-11-9-10-12-30(26)43-31/h8,13-17,19,21,24,28,34,36H,1,9-12,18,20,22-23H2,2-7H3,(H,45,52)(H,46,48)(H,50,51)/t28-,34+,36+,42+/m1/s1. The first-order chi connectivity index (χ1) is 26.1. The Hall–Kier alpha value is -5.46. The van der Waals surface area contributed by atoms with Crippen molar-refractivity contribution in [1.29, 1.82) is 0 Å². The predicted molar refractivity (Wildman–Crippen MR) is 207 cm³/mol. The highest BCUT2D eigenvalue weighted by Crippen LogP contribution is 2.36. The van der Waals surface area contributed by atoms with Crippen molar-refractivity contribution >= 4 is 34.8 Å². The van der Waals surface area contributed by atoms with E-state index in [0.717, 1.165) is 31.4 Å². The molecular weight excluding hydrogens is 702 g/mol. The minimum atomic E-state index is -1.60. The van der Waals surface area contributed by atoms with Crippen LogP contribution in [0.15, 0.2) is 60.7 Å². The van der Waals surface area contributed by atoms with Gasteiger partial charge in [-0.05, 0) is 81.7 Å². The number of aryl methyl sites for hydroxylation is 2. The molecule has 3 aromatic rings. The van der Waals surface area contributed by atoms with Gasteiger partial charge in [0.05, 0.1) is 30.6 Å². The van der Waals surface area contributed by atoms with Crippen LogP contribution in [0.5, 0.6) is 11.5 Å². The molecule has 1 fully saturated rings. The number of nitrogens with zero attached hydrogens (tertiary/aromatic N) is 3. The summed E-state index contributed by atoms with van der Waals surface area (Å²) in [6.07, 6.45) is 6.13. The Balaban J connectivity index is 1.35. The highest BCUT2D eigenvalue weighted by molar-refractivity contribution is 5.95. The van der Waals surface area contributed by atoms with E-state index in [2.05, 4.69) is 23.3 Å². The fourth-order valence-corrected chi connectivity index (χ4v) is 7.52. The molecule has 4 atom stereocenters. The zero-order valence-corrected chi connectivity index (χ0v) is 32.4. The molecule has 0 saturated carbocycles. The second-order valence-electron chi connectivity index (χ2n) is 16.0. The van der Waals surface area contributed by atoms with Crippen LogP contribution in [0.2, 0.25) is 0 Å². The summed E-state index contributed by atoms with van der Waals surface area (Å²) in [4.78, 5) is 65.5. The van der Waals surface area contributed by atoms with Gasteiger partial charge < -0.3 is 34.9 Å². The lowest BCUT2D eigenvalue weighted by Gasteiger charge is -2.33. The number of hydrogen-bond donors (Lipinski definition) is 3. The van der Waals surface area contributed by atoms with Crippen LogP contribution in [0.25, 0.3) is 22.3 Å². The molecule has 1 aliphatic heterocycles. The van der Waals surface area contributed by atoms with Crippen LogP contribution in [-0.4, -0.2) is 86.8 Å². The van der Waals surface area contributed by atoms with E-state index in [0.29, 0.717) is 39.4 Å². The van der Waals surface area contributed by atoms with Crippen molar-refractivity contribution in [3.8, 4) is 22.9 Å². The number of carboxylic acid groups (broad SMARTS) is 1. The Kier molecular flexibility index (Phi) is 11.2. The highest BCUT2D eigenvalue weighted by atomic mass is 16.6. The van der Waals surface area contributed by atoms with Gasteiger partial charge in [0.15, 0.2) is 0 Å². The van der Waals surface area contributed by atoms with E-state index in [4.69, 9.17) is 24.2 Å². The summed E-state index contributed by atoms with van der Waals surface area (Å²) in [5.74, 6) is -1.63. The summed E-state index contributed by atoms with van der Waals surface area (Å²) in [5, 5.41) is 16.5. The summed E-state index contributed by atoms with van der Waals surface area (Å²) >= 11 is 0. The molecule has 3 N–H and O–H groups in total. The summed E-state index contributed by atoms with van der Waals surface area (Å²) in [7, 11) is 1.58. The summed E-state index contributed by atoms with van der Waals surface area (Å²) in [6, 6.07) is 9.22. The number of rotatable bonds is 11. The lowest BCUT2D eigenvalue weighted by molar-refractivity contribution is -0.149. The largest absolute Gasteiger partial charge is 0.497 e. The van der Waals surface area contributed by atoms with Crippen molar-refractivity contribution in [1.82, 2.24) is 25.5 Å². The molecule has 13 nitrogen and oxygen atoms in total. The first-order valence-corrected chi connectivity index (χ1v) is 18.9. The third-order valence-electron chi connectivity index (χ3n) is 10.4. The van der Waals surface area contributed by atoms with E-state index in [1.54, 1.807) is 53.9 Å². The number of carbonyl (C=O) groups excluding carboxylic acids is 3. The molecule has 3 amide bonds. The van der Waals surface area contributed by atoms with Gasteiger partial charge in [0, 0.05) is 42.5 Å². The lowest BCUT2D eigenvalue weighted by atomic mass is 9.94. The van der Waals surface area contributed by atoms with E-state index >= 15 is 0 Å². The molecule has 2 aromatic heterocycles. The van der Waals surface area contributed by atoms with Gasteiger partial charge in [0.2, 0.25) is 11.8 Å². The number of alkyl carbamates (subject to hydrolysis) is 1. The molecule has 292 valence electrons. The first kappa shape index (κ1) is 39.2. The van der Waals surface area contributed by atoms with Crippen LogP contribution < -0.4 is 20.1 Å². The molecule has 1 aromatic carbocycles. The number of allylic oxidation sites excluding steroid dienone is 1. The van der Waals surface area contributed by atoms with Crippen LogP contribution in [0.1, 0.15) is 78.0 Å². The number of likely N-dealkylation sites (tertiary alicyclic amines) is 1. The maximum atomic E-state index is 14.4. The number of fused-ring (bicyclic) bond motifs is 2. The molecule has 0 bridgehead atoms. The van der Waals surface area contributed by atoms with Crippen molar-refractivity contribution in [2.24, 2.45) is 5.92 Å². The summed E-state index contributed by atoms with van der Waals surface area (Å²) in [5.41, 5.74) is 2.52. The average Bonchev–Trinajstić information content (AvgIpc) is 3.77. The van der Waals surface area contributed by atoms with Crippen LogP contribution >= 0.6 is 0 Å². The highest BCUT2D eigenvalue weighted by Gasteiger charge is 2.49. The van der Waals surface area contributed by atoms with E-state index in [1.165, 1.54) is 10.5 Å². The molecule has 1 saturated heterocycles. The molecule has 2 aliphatic carbocycles. The molecule has 3 heterocycles. The Bertz CT molecular complexity index is 2040. The fourth-order valence-electron chi connectivity index (χ4n) is 7.52.